The first-order valence-electron chi connectivity index (χ1n) is 14.8. The van der Waals surface area contributed by atoms with E-state index in [4.69, 9.17) is 22.2 Å². The number of aromatic nitrogens is 2. The van der Waals surface area contributed by atoms with Crippen LogP contribution in [0.2, 0.25) is 0 Å². The number of aryl methyl sites for hydroxylation is 2. The molecule has 44 heavy (non-hydrogen) atoms. The van der Waals surface area contributed by atoms with Crippen molar-refractivity contribution in [3.63, 3.8) is 0 Å². The van der Waals surface area contributed by atoms with E-state index in [9.17, 15) is 14.7 Å². The van der Waals surface area contributed by atoms with Crippen LogP contribution in [0, 0.1) is 13.8 Å². The lowest BCUT2D eigenvalue weighted by Crippen LogP contribution is -2.57. The SMILES string of the molecule is Cc1cc(O)cc(C)c1C[C@H](N)C(=O)N1Cc2ccccc2C[C@H]1C(=O)N[C@@H](CCCN=C(N)N)c1nc2ccccc2[nH]1. The Morgan fingerprint density at radius 3 is 2.48 bits per heavy atom. The van der Waals surface area contributed by atoms with Gasteiger partial charge in [-0.25, -0.2) is 4.98 Å². The summed E-state index contributed by atoms with van der Waals surface area (Å²) < 4.78 is 0. The van der Waals surface area contributed by atoms with Crippen molar-refractivity contribution in [2.24, 2.45) is 22.2 Å². The van der Waals surface area contributed by atoms with E-state index in [0.29, 0.717) is 31.6 Å². The molecular formula is C33H40N8O3. The lowest BCUT2D eigenvalue weighted by atomic mass is 9.91. The summed E-state index contributed by atoms with van der Waals surface area (Å²) in [6.45, 7) is 4.45. The van der Waals surface area contributed by atoms with E-state index in [2.05, 4.69) is 15.3 Å². The smallest absolute Gasteiger partial charge is 0.243 e. The van der Waals surface area contributed by atoms with Gasteiger partial charge in [-0.05, 0) is 85.2 Å². The minimum absolute atomic E-state index is 0.0124. The van der Waals surface area contributed by atoms with E-state index in [1.165, 1.54) is 0 Å². The molecule has 0 aliphatic carbocycles. The van der Waals surface area contributed by atoms with Gasteiger partial charge in [0.15, 0.2) is 5.96 Å². The third-order valence-corrected chi connectivity index (χ3v) is 8.26. The van der Waals surface area contributed by atoms with E-state index in [0.717, 1.165) is 38.9 Å². The van der Waals surface area contributed by atoms with Crippen LogP contribution in [0.25, 0.3) is 11.0 Å². The monoisotopic (exact) mass is 596 g/mol. The Balaban J connectivity index is 1.41. The van der Waals surface area contributed by atoms with Crippen LogP contribution in [-0.2, 0) is 29.0 Å². The van der Waals surface area contributed by atoms with E-state index in [1.54, 1.807) is 17.0 Å². The number of benzene rings is 3. The van der Waals surface area contributed by atoms with Crippen molar-refractivity contribution >= 4 is 28.8 Å². The first kappa shape index (κ1) is 30.6. The Kier molecular flexibility index (Phi) is 9.15. The number of hydrogen-bond acceptors (Lipinski definition) is 6. The van der Waals surface area contributed by atoms with Crippen LogP contribution < -0.4 is 22.5 Å². The van der Waals surface area contributed by atoms with Gasteiger partial charge in [-0.1, -0.05) is 36.4 Å². The molecule has 1 aliphatic heterocycles. The van der Waals surface area contributed by atoms with Crippen LogP contribution in [0.15, 0.2) is 65.7 Å². The van der Waals surface area contributed by atoms with Crippen LogP contribution in [0.4, 0.5) is 0 Å². The summed E-state index contributed by atoms with van der Waals surface area (Å²) in [6.07, 6.45) is 1.78. The molecule has 9 N–H and O–H groups in total. The van der Waals surface area contributed by atoms with E-state index < -0.39 is 18.1 Å². The molecule has 2 amide bonds. The Hall–Kier alpha value is -4.90. The molecule has 0 unspecified atom stereocenters. The first-order valence-corrected chi connectivity index (χ1v) is 14.8. The van der Waals surface area contributed by atoms with Crippen molar-refractivity contribution < 1.29 is 14.7 Å². The van der Waals surface area contributed by atoms with Crippen molar-refractivity contribution in [2.45, 2.75) is 64.2 Å². The Morgan fingerprint density at radius 1 is 1.09 bits per heavy atom. The fourth-order valence-electron chi connectivity index (χ4n) is 5.99. The molecule has 0 saturated carbocycles. The summed E-state index contributed by atoms with van der Waals surface area (Å²) in [5, 5.41) is 13.1. The van der Waals surface area contributed by atoms with Gasteiger partial charge in [0.1, 0.15) is 17.6 Å². The standard InChI is InChI=1S/C33H40N8O3/c1-19-14-23(42)15-20(2)24(19)17-25(34)32(44)41-18-22-9-4-3-8-21(22)16-29(41)31(43)40-28(12-7-13-37-33(35)36)30-38-26-10-5-6-11-27(26)39-30/h3-6,8-11,14-15,25,28-29,42H,7,12-13,16-18,34H2,1-2H3,(H,38,39)(H,40,43)(H4,35,36,37)/t25-,28-,29-/m0/s1. The van der Waals surface area contributed by atoms with Crippen LogP contribution in [-0.4, -0.2) is 56.4 Å². The summed E-state index contributed by atoms with van der Waals surface area (Å²) in [5.41, 5.74) is 23.8. The van der Waals surface area contributed by atoms with Gasteiger partial charge in [0.2, 0.25) is 11.8 Å². The minimum Gasteiger partial charge on any atom is -0.508 e. The van der Waals surface area contributed by atoms with Gasteiger partial charge < -0.3 is 37.5 Å². The number of fused-ring (bicyclic) bond motifs is 2. The fraction of sp³-hybridized carbons (Fsp3) is 0.333. The number of phenolic OH excluding ortho intramolecular Hbond substituents is 1. The zero-order valence-electron chi connectivity index (χ0n) is 25.1. The molecule has 230 valence electrons. The van der Waals surface area contributed by atoms with Crippen molar-refractivity contribution in [2.75, 3.05) is 6.54 Å². The number of nitrogens with one attached hydrogen (secondary N) is 2. The van der Waals surface area contributed by atoms with Crippen molar-refractivity contribution in [3.05, 3.63) is 94.3 Å². The molecule has 1 aliphatic rings. The highest BCUT2D eigenvalue weighted by Crippen LogP contribution is 2.28. The van der Waals surface area contributed by atoms with E-state index >= 15 is 0 Å². The van der Waals surface area contributed by atoms with Gasteiger partial charge in [-0.2, -0.15) is 0 Å². The number of nitrogens with two attached hydrogens (primary N) is 3. The molecule has 2 heterocycles. The molecule has 4 aromatic rings. The predicted molar refractivity (Wildman–Crippen MR) is 171 cm³/mol. The molecule has 0 saturated heterocycles. The molecular weight excluding hydrogens is 556 g/mol. The Bertz CT molecular complexity index is 1640. The summed E-state index contributed by atoms with van der Waals surface area (Å²) in [7, 11) is 0. The molecule has 1 aromatic heterocycles. The lowest BCUT2D eigenvalue weighted by molar-refractivity contribution is -0.143. The molecule has 0 spiro atoms. The number of rotatable bonds is 10. The highest BCUT2D eigenvalue weighted by Gasteiger charge is 2.37. The summed E-state index contributed by atoms with van der Waals surface area (Å²) >= 11 is 0. The predicted octanol–water partition coefficient (Wildman–Crippen LogP) is 2.62. The number of aliphatic imine (C=N–C) groups is 1. The van der Waals surface area contributed by atoms with Gasteiger partial charge in [0.25, 0.3) is 0 Å². The van der Waals surface area contributed by atoms with Crippen molar-refractivity contribution in [1.29, 1.82) is 0 Å². The maximum Gasteiger partial charge on any atom is 0.243 e. The Morgan fingerprint density at radius 2 is 1.77 bits per heavy atom. The minimum atomic E-state index is -0.872. The largest absolute Gasteiger partial charge is 0.508 e. The fourth-order valence-corrected chi connectivity index (χ4v) is 5.99. The second kappa shape index (κ2) is 13.2. The number of H-pyrrole nitrogens is 1. The van der Waals surface area contributed by atoms with Crippen LogP contribution in [0.5, 0.6) is 5.75 Å². The topological polar surface area (TPSA) is 189 Å². The molecule has 11 nitrogen and oxygen atoms in total. The number of aromatic amines is 1. The van der Waals surface area contributed by atoms with Gasteiger partial charge in [0.05, 0.1) is 23.1 Å². The quantitative estimate of drug-likeness (QED) is 0.0921. The number of phenols is 1. The van der Waals surface area contributed by atoms with Crippen LogP contribution in [0.3, 0.4) is 0 Å². The van der Waals surface area contributed by atoms with Gasteiger partial charge >= 0.3 is 0 Å². The molecule has 0 fully saturated rings. The summed E-state index contributed by atoms with van der Waals surface area (Å²) in [6, 6.07) is 16.7. The van der Waals surface area contributed by atoms with Crippen LogP contribution in [0.1, 0.15) is 52.5 Å². The number of carbonyl (C=O) groups is 2. The number of amides is 2. The molecule has 3 aromatic carbocycles. The maximum atomic E-state index is 14.1. The highest BCUT2D eigenvalue weighted by atomic mass is 16.3. The number of nitrogens with zero attached hydrogens (tertiary/aromatic N) is 3. The molecule has 0 bridgehead atoms. The number of guanidine groups is 1. The van der Waals surface area contributed by atoms with E-state index in [1.807, 2.05) is 62.4 Å². The van der Waals surface area contributed by atoms with E-state index in [-0.39, 0.29) is 36.5 Å². The third kappa shape index (κ3) is 6.84. The summed E-state index contributed by atoms with van der Waals surface area (Å²) in [4.78, 5) is 41.8. The van der Waals surface area contributed by atoms with Gasteiger partial charge in [0, 0.05) is 19.5 Å². The van der Waals surface area contributed by atoms with Gasteiger partial charge in [-0.15, -0.1) is 0 Å². The zero-order valence-corrected chi connectivity index (χ0v) is 25.1. The normalized spacial score (nSPS) is 15.8. The summed E-state index contributed by atoms with van der Waals surface area (Å²) in [5.74, 6) is 0.209. The molecule has 3 atom stereocenters. The number of para-hydroxylation sites is 2. The number of carbonyl (C=O) groups excluding carboxylic acids is 2. The Labute approximate surface area is 256 Å². The maximum absolute atomic E-state index is 14.1. The third-order valence-electron chi connectivity index (χ3n) is 8.26. The molecule has 0 radical (unpaired) electrons. The van der Waals surface area contributed by atoms with Crippen molar-refractivity contribution in [3.8, 4) is 5.75 Å². The highest BCUT2D eigenvalue weighted by molar-refractivity contribution is 5.91. The average Bonchev–Trinajstić information content (AvgIpc) is 3.43. The zero-order chi connectivity index (χ0) is 31.4. The molecule has 5 rings (SSSR count). The number of imidazole rings is 1. The second-order valence-electron chi connectivity index (χ2n) is 11.5. The van der Waals surface area contributed by atoms with Crippen LogP contribution >= 0.6 is 0 Å². The second-order valence-corrected chi connectivity index (χ2v) is 11.5. The molecule has 11 heteroatoms. The van der Waals surface area contributed by atoms with Gasteiger partial charge in [-0.3, -0.25) is 14.6 Å². The number of hydrogen-bond donors (Lipinski definition) is 6. The van der Waals surface area contributed by atoms with Crippen molar-refractivity contribution in [1.82, 2.24) is 20.2 Å². The first-order chi connectivity index (χ1) is 21.1. The average molecular weight is 597 g/mol. The lowest BCUT2D eigenvalue weighted by Gasteiger charge is -2.38. The number of aromatic hydroxyl groups is 1.